The maximum absolute atomic E-state index is 13.4. The van der Waals surface area contributed by atoms with E-state index in [1.54, 1.807) is 6.08 Å². The molecule has 0 atom stereocenters. The molecule has 9 rings (SSSR count). The standard InChI is InChI=1S/C36H41N7OS/c1-4-31-21(2)39-35(45-31)41-34(44)28-7-5-6-26-10-11-42(19-30(26)28)32-9-8-27(33(37)40-32)29-18-38-43(22(29)3)20-36-15-23-12-24(16-36)14-25(13-23)17-36/h4-9,18,23-25H,1,10-17,19-20H2,2-3H3,(H2,37,40)(H,39,41,44). The summed E-state index contributed by atoms with van der Waals surface area (Å²) in [5.41, 5.74) is 14.0. The smallest absolute Gasteiger partial charge is 0.257 e. The SMILES string of the molecule is C=Cc1sc(NC(=O)c2cccc3c2CN(c2ccc(-c4cnn(CC56CC7CC(CC(C7)C5)C6)c4C)c(N)n2)CC3)nc1C. The Bertz CT molecular complexity index is 1780. The Balaban J connectivity index is 1.00. The third kappa shape index (κ3) is 5.05. The highest BCUT2D eigenvalue weighted by Crippen LogP contribution is 2.60. The van der Waals surface area contributed by atoms with Crippen molar-refractivity contribution in [2.24, 2.45) is 23.2 Å². The molecule has 5 aliphatic rings. The summed E-state index contributed by atoms with van der Waals surface area (Å²) in [7, 11) is 0. The number of pyridine rings is 1. The number of hydrogen-bond donors (Lipinski definition) is 2. The molecule has 0 spiro atoms. The Labute approximate surface area is 268 Å². The zero-order chi connectivity index (χ0) is 30.9. The van der Waals surface area contributed by atoms with Gasteiger partial charge in [-0.15, -0.1) is 0 Å². The molecule has 4 aromatic rings. The number of nitrogens with zero attached hydrogens (tertiary/aromatic N) is 5. The van der Waals surface area contributed by atoms with Crippen LogP contribution in [-0.2, 0) is 19.5 Å². The quantitative estimate of drug-likeness (QED) is 0.226. The number of nitrogen functional groups attached to an aromatic ring is 1. The first-order valence-corrected chi connectivity index (χ1v) is 17.2. The maximum Gasteiger partial charge on any atom is 0.257 e. The Morgan fingerprint density at radius 2 is 1.84 bits per heavy atom. The molecular formula is C36H41N7OS. The molecule has 8 nitrogen and oxygen atoms in total. The van der Waals surface area contributed by atoms with Gasteiger partial charge in [0.15, 0.2) is 5.13 Å². The zero-order valence-electron chi connectivity index (χ0n) is 26.2. The average Bonchev–Trinajstić information content (AvgIpc) is 3.55. The number of aryl methyl sites for hydroxylation is 1. The van der Waals surface area contributed by atoms with E-state index in [-0.39, 0.29) is 5.91 Å². The van der Waals surface area contributed by atoms with Gasteiger partial charge in [0.2, 0.25) is 0 Å². The van der Waals surface area contributed by atoms with Gasteiger partial charge >= 0.3 is 0 Å². The first-order valence-electron chi connectivity index (χ1n) is 16.3. The molecule has 232 valence electrons. The molecule has 3 N–H and O–H groups in total. The summed E-state index contributed by atoms with van der Waals surface area (Å²) < 4.78 is 2.25. The van der Waals surface area contributed by atoms with E-state index < -0.39 is 0 Å². The zero-order valence-corrected chi connectivity index (χ0v) is 27.0. The Kier molecular flexibility index (Phi) is 6.85. The average molecular weight is 620 g/mol. The molecule has 4 aliphatic carbocycles. The summed E-state index contributed by atoms with van der Waals surface area (Å²) >= 11 is 1.43. The van der Waals surface area contributed by atoms with Crippen molar-refractivity contribution >= 4 is 40.1 Å². The monoisotopic (exact) mass is 619 g/mol. The van der Waals surface area contributed by atoms with Gasteiger partial charge in [-0.25, -0.2) is 9.97 Å². The predicted molar refractivity (Wildman–Crippen MR) is 181 cm³/mol. The number of rotatable bonds is 7. The molecular weight excluding hydrogens is 579 g/mol. The number of nitrogens with one attached hydrogen (secondary N) is 1. The summed E-state index contributed by atoms with van der Waals surface area (Å²) in [6.07, 6.45) is 13.1. The second-order valence-electron chi connectivity index (χ2n) is 14.1. The molecule has 45 heavy (non-hydrogen) atoms. The number of benzene rings is 1. The fourth-order valence-electron chi connectivity index (χ4n) is 9.34. The molecule has 1 amide bonds. The fourth-order valence-corrected chi connectivity index (χ4v) is 10.2. The van der Waals surface area contributed by atoms with Crippen LogP contribution in [0.1, 0.15) is 76.3 Å². The minimum Gasteiger partial charge on any atom is -0.383 e. The largest absolute Gasteiger partial charge is 0.383 e. The molecule has 4 heterocycles. The Hall–Kier alpha value is -3.98. The van der Waals surface area contributed by atoms with Crippen molar-refractivity contribution in [1.82, 2.24) is 19.7 Å². The van der Waals surface area contributed by atoms with Crippen molar-refractivity contribution in [2.75, 3.05) is 22.5 Å². The molecule has 0 unspecified atom stereocenters. The highest BCUT2D eigenvalue weighted by molar-refractivity contribution is 7.16. The summed E-state index contributed by atoms with van der Waals surface area (Å²) in [4.78, 5) is 26.0. The van der Waals surface area contributed by atoms with E-state index in [2.05, 4.69) is 51.6 Å². The highest BCUT2D eigenvalue weighted by atomic mass is 32.1. The second kappa shape index (κ2) is 10.8. The number of anilines is 3. The van der Waals surface area contributed by atoms with Gasteiger partial charge in [0, 0.05) is 42.0 Å². The van der Waals surface area contributed by atoms with Crippen LogP contribution < -0.4 is 16.0 Å². The number of hydrogen-bond acceptors (Lipinski definition) is 7. The van der Waals surface area contributed by atoms with Crippen molar-refractivity contribution in [3.05, 3.63) is 76.1 Å². The lowest BCUT2D eigenvalue weighted by Crippen LogP contribution is -2.48. The van der Waals surface area contributed by atoms with E-state index in [1.165, 1.54) is 61.1 Å². The van der Waals surface area contributed by atoms with Gasteiger partial charge in [-0.2, -0.15) is 5.10 Å². The normalized spacial score (nSPS) is 24.9. The molecule has 0 saturated heterocycles. The van der Waals surface area contributed by atoms with E-state index in [0.29, 0.717) is 28.5 Å². The van der Waals surface area contributed by atoms with Crippen LogP contribution in [0.25, 0.3) is 17.2 Å². The minimum absolute atomic E-state index is 0.151. The van der Waals surface area contributed by atoms with Crippen LogP contribution in [0.4, 0.5) is 16.8 Å². The molecule has 3 aromatic heterocycles. The first-order chi connectivity index (χ1) is 21.8. The van der Waals surface area contributed by atoms with Crippen LogP contribution in [0.2, 0.25) is 0 Å². The second-order valence-corrected chi connectivity index (χ2v) is 15.1. The van der Waals surface area contributed by atoms with Crippen molar-refractivity contribution in [3.63, 3.8) is 0 Å². The molecule has 1 aliphatic heterocycles. The van der Waals surface area contributed by atoms with Gasteiger partial charge in [0.25, 0.3) is 5.91 Å². The van der Waals surface area contributed by atoms with Crippen LogP contribution in [0.15, 0.2) is 43.1 Å². The van der Waals surface area contributed by atoms with Crippen LogP contribution >= 0.6 is 11.3 Å². The van der Waals surface area contributed by atoms with Gasteiger partial charge < -0.3 is 10.6 Å². The molecule has 0 radical (unpaired) electrons. The van der Waals surface area contributed by atoms with Crippen LogP contribution in [0.3, 0.4) is 0 Å². The number of carbonyl (C=O) groups is 1. The van der Waals surface area contributed by atoms with Gasteiger partial charge in [-0.05, 0) is 111 Å². The van der Waals surface area contributed by atoms with Crippen molar-refractivity contribution in [2.45, 2.75) is 71.9 Å². The molecule has 4 saturated carbocycles. The third-order valence-corrected chi connectivity index (χ3v) is 12.1. The lowest BCUT2D eigenvalue weighted by atomic mass is 9.49. The number of fused-ring (bicyclic) bond motifs is 1. The lowest BCUT2D eigenvalue weighted by Gasteiger charge is -2.56. The van der Waals surface area contributed by atoms with Gasteiger partial charge in [0.1, 0.15) is 11.6 Å². The van der Waals surface area contributed by atoms with Crippen molar-refractivity contribution in [1.29, 1.82) is 0 Å². The van der Waals surface area contributed by atoms with E-state index >= 15 is 0 Å². The molecule has 4 bridgehead atoms. The Morgan fingerprint density at radius 1 is 1.09 bits per heavy atom. The summed E-state index contributed by atoms with van der Waals surface area (Å²) in [5.74, 6) is 3.97. The Morgan fingerprint density at radius 3 is 2.53 bits per heavy atom. The number of nitrogens with two attached hydrogens (primary N) is 1. The van der Waals surface area contributed by atoms with Crippen LogP contribution in [0, 0.1) is 37.0 Å². The van der Waals surface area contributed by atoms with Crippen LogP contribution in [0.5, 0.6) is 0 Å². The number of thiazole rings is 1. The van der Waals surface area contributed by atoms with Crippen molar-refractivity contribution < 1.29 is 4.79 Å². The van der Waals surface area contributed by atoms with Gasteiger partial charge in [-0.1, -0.05) is 36.1 Å². The maximum atomic E-state index is 13.4. The predicted octanol–water partition coefficient (Wildman–Crippen LogP) is 7.28. The van der Waals surface area contributed by atoms with Gasteiger partial charge in [-0.3, -0.25) is 14.8 Å². The molecule has 1 aromatic carbocycles. The van der Waals surface area contributed by atoms with E-state index in [0.717, 1.165) is 70.3 Å². The minimum atomic E-state index is -0.151. The van der Waals surface area contributed by atoms with Crippen LogP contribution in [-0.4, -0.2) is 32.2 Å². The molecule has 4 fully saturated rings. The summed E-state index contributed by atoms with van der Waals surface area (Å²) in [6, 6.07) is 10.1. The topological polar surface area (TPSA) is 102 Å². The first kappa shape index (κ1) is 28.5. The molecule has 9 heteroatoms. The fraction of sp³-hybridized carbons (Fsp3) is 0.444. The van der Waals surface area contributed by atoms with Gasteiger partial charge in [0.05, 0.1) is 16.8 Å². The highest BCUT2D eigenvalue weighted by Gasteiger charge is 2.51. The number of amides is 1. The van der Waals surface area contributed by atoms with E-state index in [1.807, 2.05) is 25.3 Å². The summed E-state index contributed by atoms with van der Waals surface area (Å²) in [5, 5.41) is 8.47. The third-order valence-electron chi connectivity index (χ3n) is 11.0. The van der Waals surface area contributed by atoms with Crippen molar-refractivity contribution in [3.8, 4) is 11.1 Å². The van der Waals surface area contributed by atoms with E-state index in [4.69, 9.17) is 15.8 Å². The number of carbonyl (C=O) groups excluding carboxylic acids is 1. The number of aromatic nitrogens is 4. The van der Waals surface area contributed by atoms with E-state index in [9.17, 15) is 4.79 Å². The summed E-state index contributed by atoms with van der Waals surface area (Å²) in [6.45, 7) is 10.4. The lowest BCUT2D eigenvalue weighted by molar-refractivity contribution is -0.0638.